The molecule has 0 saturated heterocycles. The molecule has 5 nitrogen and oxygen atoms in total. The first-order valence-electron chi connectivity index (χ1n) is 10.8. The fraction of sp³-hybridized carbons (Fsp3) is 0.269. The number of pyridine rings is 1. The molecule has 1 aromatic carbocycles. The highest BCUT2D eigenvalue weighted by molar-refractivity contribution is 7.15. The van der Waals surface area contributed by atoms with Gasteiger partial charge in [-0.15, -0.1) is 21.5 Å². The van der Waals surface area contributed by atoms with Crippen LogP contribution in [-0.2, 0) is 17.8 Å². The fourth-order valence-electron chi connectivity index (χ4n) is 3.64. The molecule has 0 amide bonds. The van der Waals surface area contributed by atoms with E-state index in [1.165, 1.54) is 16.7 Å². The third kappa shape index (κ3) is 4.36. The van der Waals surface area contributed by atoms with Crippen LogP contribution in [0.5, 0.6) is 0 Å². The van der Waals surface area contributed by atoms with Crippen LogP contribution in [0.15, 0.2) is 54.9 Å². The fourth-order valence-corrected chi connectivity index (χ4v) is 4.88. The molecule has 0 fully saturated rings. The van der Waals surface area contributed by atoms with Gasteiger partial charge in [-0.25, -0.2) is 0 Å². The molecule has 6 heteroatoms. The number of ether oxygens (including phenoxy) is 1. The Balaban J connectivity index is 0.00000119. The second kappa shape index (κ2) is 9.90. The summed E-state index contributed by atoms with van der Waals surface area (Å²) in [5.74, 6) is 8.41. The molecule has 0 saturated carbocycles. The topological polar surface area (TPSA) is 52.8 Å². The molecule has 4 aromatic rings. The van der Waals surface area contributed by atoms with E-state index >= 15 is 0 Å². The second-order valence-electron chi connectivity index (χ2n) is 7.24. The van der Waals surface area contributed by atoms with Crippen LogP contribution in [-0.4, -0.2) is 19.7 Å². The Labute approximate surface area is 193 Å². The van der Waals surface area contributed by atoms with Crippen molar-refractivity contribution in [3.63, 3.8) is 0 Å². The molecule has 5 rings (SSSR count). The Morgan fingerprint density at radius 2 is 1.81 bits per heavy atom. The molecule has 0 spiro atoms. The molecule has 3 aromatic heterocycles. The van der Waals surface area contributed by atoms with Gasteiger partial charge in [-0.3, -0.25) is 9.55 Å². The zero-order valence-electron chi connectivity index (χ0n) is 18.8. The van der Waals surface area contributed by atoms with E-state index in [4.69, 9.17) is 4.74 Å². The molecule has 0 N–H and O–H groups in total. The first-order chi connectivity index (χ1) is 15.7. The van der Waals surface area contributed by atoms with Gasteiger partial charge < -0.3 is 4.74 Å². The number of hydrogen-bond donors (Lipinski definition) is 0. The average Bonchev–Trinajstić information content (AvgIpc) is 3.34. The molecule has 32 heavy (non-hydrogen) atoms. The second-order valence-corrected chi connectivity index (χ2v) is 8.23. The van der Waals surface area contributed by atoms with Crippen LogP contribution in [0.1, 0.15) is 65.7 Å². The van der Waals surface area contributed by atoms with Crippen LogP contribution in [0.4, 0.5) is 0 Å². The van der Waals surface area contributed by atoms with E-state index in [0.717, 1.165) is 33.5 Å². The minimum Gasteiger partial charge on any atom is -0.366 e. The van der Waals surface area contributed by atoms with E-state index in [1.54, 1.807) is 23.7 Å². The van der Waals surface area contributed by atoms with Gasteiger partial charge >= 0.3 is 0 Å². The van der Waals surface area contributed by atoms with Gasteiger partial charge in [0.1, 0.15) is 16.9 Å². The van der Waals surface area contributed by atoms with Crippen molar-refractivity contribution in [1.82, 2.24) is 19.7 Å². The molecule has 1 aliphatic heterocycles. The Morgan fingerprint density at radius 1 is 1.06 bits per heavy atom. The SMILES string of the molecule is CC.Cc1nnc2n1-c1sc(C#Cc3ccncc3)c(Cc3ccccc3)c1CO[C@H]2C. The van der Waals surface area contributed by atoms with Crippen LogP contribution in [0.3, 0.4) is 0 Å². The molecular weight excluding hydrogens is 416 g/mol. The van der Waals surface area contributed by atoms with Gasteiger partial charge in [-0.05, 0) is 43.5 Å². The Hall–Kier alpha value is -3.27. The number of thiophene rings is 1. The number of aryl methyl sites for hydroxylation is 1. The van der Waals surface area contributed by atoms with Crippen molar-refractivity contribution >= 4 is 11.3 Å². The third-order valence-corrected chi connectivity index (χ3v) is 6.39. The van der Waals surface area contributed by atoms with Crippen LogP contribution in [0.25, 0.3) is 5.00 Å². The smallest absolute Gasteiger partial charge is 0.167 e. The van der Waals surface area contributed by atoms with E-state index in [1.807, 2.05) is 45.9 Å². The summed E-state index contributed by atoms with van der Waals surface area (Å²) in [6.07, 6.45) is 4.23. The predicted molar refractivity (Wildman–Crippen MR) is 128 cm³/mol. The standard InChI is InChI=1S/C24H20N4OS.C2H6/c1-16-23-27-26-17(2)28(23)24-21(15-29-16)20(14-19-6-4-3-5-7-19)22(30-24)9-8-18-10-12-25-13-11-18;1-2/h3-7,10-13,16H,14-15H2,1-2H3;1-2H3/t16-;/m0./s1. The highest BCUT2D eigenvalue weighted by atomic mass is 32.1. The van der Waals surface area contributed by atoms with E-state index < -0.39 is 0 Å². The Kier molecular flexibility index (Phi) is 6.79. The van der Waals surface area contributed by atoms with Crippen molar-refractivity contribution in [2.24, 2.45) is 0 Å². The van der Waals surface area contributed by atoms with Crippen molar-refractivity contribution in [2.45, 2.75) is 46.8 Å². The Morgan fingerprint density at radius 3 is 2.56 bits per heavy atom. The van der Waals surface area contributed by atoms with Crippen LogP contribution in [0.2, 0.25) is 0 Å². The van der Waals surface area contributed by atoms with Crippen LogP contribution >= 0.6 is 11.3 Å². The molecule has 1 aliphatic rings. The lowest BCUT2D eigenvalue weighted by Crippen LogP contribution is -2.04. The number of benzene rings is 1. The van der Waals surface area contributed by atoms with Gasteiger partial charge in [-0.2, -0.15) is 0 Å². The normalized spacial score (nSPS) is 14.2. The van der Waals surface area contributed by atoms with Gasteiger partial charge in [-0.1, -0.05) is 56.0 Å². The van der Waals surface area contributed by atoms with E-state index in [-0.39, 0.29) is 6.10 Å². The van der Waals surface area contributed by atoms with Gasteiger partial charge in [0.15, 0.2) is 5.82 Å². The summed E-state index contributed by atoms with van der Waals surface area (Å²) in [6.45, 7) is 8.55. The quantitative estimate of drug-likeness (QED) is 0.377. The molecule has 0 bridgehead atoms. The van der Waals surface area contributed by atoms with E-state index in [9.17, 15) is 0 Å². The number of rotatable bonds is 2. The maximum Gasteiger partial charge on any atom is 0.167 e. The number of nitrogens with zero attached hydrogens (tertiary/aromatic N) is 4. The zero-order valence-corrected chi connectivity index (χ0v) is 19.6. The summed E-state index contributed by atoms with van der Waals surface area (Å²) in [6, 6.07) is 14.3. The summed E-state index contributed by atoms with van der Waals surface area (Å²) in [4.78, 5) is 5.13. The van der Waals surface area contributed by atoms with E-state index in [2.05, 4.69) is 55.9 Å². The number of fused-ring (bicyclic) bond motifs is 3. The lowest BCUT2D eigenvalue weighted by Gasteiger charge is -2.09. The lowest BCUT2D eigenvalue weighted by molar-refractivity contribution is 0.0493. The maximum absolute atomic E-state index is 6.15. The third-order valence-electron chi connectivity index (χ3n) is 5.21. The minimum atomic E-state index is -0.110. The maximum atomic E-state index is 6.15. The summed E-state index contributed by atoms with van der Waals surface area (Å²) in [7, 11) is 0. The van der Waals surface area contributed by atoms with Crippen molar-refractivity contribution in [3.05, 3.63) is 93.6 Å². The molecule has 4 heterocycles. The Bertz CT molecular complexity index is 1250. The number of hydrogen-bond acceptors (Lipinski definition) is 5. The first-order valence-corrected chi connectivity index (χ1v) is 11.7. The zero-order chi connectivity index (χ0) is 22.5. The average molecular weight is 443 g/mol. The first kappa shape index (κ1) is 21.9. The molecule has 0 radical (unpaired) electrons. The summed E-state index contributed by atoms with van der Waals surface area (Å²) < 4.78 is 8.28. The van der Waals surface area contributed by atoms with Crippen LogP contribution in [0, 0.1) is 18.8 Å². The summed E-state index contributed by atoms with van der Waals surface area (Å²) in [5.41, 5.74) is 4.60. The largest absolute Gasteiger partial charge is 0.366 e. The van der Waals surface area contributed by atoms with Crippen molar-refractivity contribution in [3.8, 4) is 16.8 Å². The minimum absolute atomic E-state index is 0.110. The summed E-state index contributed by atoms with van der Waals surface area (Å²) in [5, 5.41) is 9.78. The van der Waals surface area contributed by atoms with Crippen molar-refractivity contribution in [2.75, 3.05) is 0 Å². The van der Waals surface area contributed by atoms with Gasteiger partial charge in [0.25, 0.3) is 0 Å². The van der Waals surface area contributed by atoms with Crippen molar-refractivity contribution in [1.29, 1.82) is 0 Å². The van der Waals surface area contributed by atoms with E-state index in [0.29, 0.717) is 6.61 Å². The predicted octanol–water partition coefficient (Wildman–Crippen LogP) is 5.64. The van der Waals surface area contributed by atoms with Crippen molar-refractivity contribution < 1.29 is 4.74 Å². The molecule has 0 unspecified atom stereocenters. The van der Waals surface area contributed by atoms with Gasteiger partial charge in [0.05, 0.1) is 11.5 Å². The number of aromatic nitrogens is 4. The molecular formula is C26H26N4OS. The van der Waals surface area contributed by atoms with Gasteiger partial charge in [0, 0.05) is 23.5 Å². The summed E-state index contributed by atoms with van der Waals surface area (Å²) >= 11 is 1.69. The highest BCUT2D eigenvalue weighted by Gasteiger charge is 2.28. The van der Waals surface area contributed by atoms with Crippen LogP contribution < -0.4 is 0 Å². The molecule has 162 valence electrons. The highest BCUT2D eigenvalue weighted by Crippen LogP contribution is 2.39. The monoisotopic (exact) mass is 442 g/mol. The lowest BCUT2D eigenvalue weighted by atomic mass is 10.0. The molecule has 1 atom stereocenters. The van der Waals surface area contributed by atoms with Gasteiger partial charge in [0.2, 0.25) is 0 Å². The molecule has 0 aliphatic carbocycles.